The predicted molar refractivity (Wildman–Crippen MR) is 83.0 cm³/mol. The van der Waals surface area contributed by atoms with Crippen LogP contribution in [0, 0.1) is 6.92 Å². The van der Waals surface area contributed by atoms with E-state index >= 15 is 0 Å². The van der Waals surface area contributed by atoms with Crippen LogP contribution < -0.4 is 0 Å². The monoisotopic (exact) mass is 280 g/mol. The third-order valence-electron chi connectivity index (χ3n) is 4.15. The zero-order chi connectivity index (χ0) is 14.7. The Hall–Kier alpha value is -2.16. The van der Waals surface area contributed by atoms with Gasteiger partial charge in [0.05, 0.1) is 11.7 Å². The smallest absolute Gasteiger partial charge is 0.254 e. The van der Waals surface area contributed by atoms with Crippen molar-refractivity contribution in [3.05, 3.63) is 65.5 Å². The first kappa shape index (κ1) is 13.8. The van der Waals surface area contributed by atoms with Crippen molar-refractivity contribution >= 4 is 5.91 Å². The van der Waals surface area contributed by atoms with Crippen LogP contribution in [-0.4, -0.2) is 22.3 Å². The number of likely N-dealkylation sites (tertiary alicyclic amines) is 1. The molecule has 1 aromatic carbocycles. The van der Waals surface area contributed by atoms with E-state index < -0.39 is 0 Å². The molecule has 1 fully saturated rings. The first-order chi connectivity index (χ1) is 10.3. The summed E-state index contributed by atoms with van der Waals surface area (Å²) >= 11 is 0. The van der Waals surface area contributed by atoms with Crippen molar-refractivity contribution in [3.8, 4) is 0 Å². The maximum absolute atomic E-state index is 12.8. The second-order valence-electron chi connectivity index (χ2n) is 5.58. The van der Waals surface area contributed by atoms with E-state index in [0.29, 0.717) is 0 Å². The average Bonchev–Trinajstić information content (AvgIpc) is 2.55. The van der Waals surface area contributed by atoms with Crippen molar-refractivity contribution in [2.45, 2.75) is 32.2 Å². The van der Waals surface area contributed by atoms with E-state index in [1.54, 1.807) is 0 Å². The molecule has 0 bridgehead atoms. The van der Waals surface area contributed by atoms with Crippen molar-refractivity contribution < 1.29 is 4.79 Å². The summed E-state index contributed by atoms with van der Waals surface area (Å²) in [6.07, 6.45) is 5.04. The molecule has 21 heavy (non-hydrogen) atoms. The molecule has 1 unspecified atom stereocenters. The van der Waals surface area contributed by atoms with E-state index in [2.05, 4.69) is 18.0 Å². The zero-order valence-corrected chi connectivity index (χ0v) is 12.3. The number of aromatic nitrogens is 1. The van der Waals surface area contributed by atoms with Gasteiger partial charge in [0.25, 0.3) is 5.91 Å². The Bertz CT molecular complexity index is 624. The lowest BCUT2D eigenvalue weighted by atomic mass is 9.95. The van der Waals surface area contributed by atoms with Gasteiger partial charge in [0.1, 0.15) is 0 Å². The highest BCUT2D eigenvalue weighted by Gasteiger charge is 2.30. The standard InChI is InChI=1S/C18H20N2O/c1-14-8-7-12-19-17(14)16-11-5-6-13-20(16)18(21)15-9-3-2-4-10-15/h2-4,7-10,12,16H,5-6,11,13H2,1H3. The SMILES string of the molecule is Cc1cccnc1C1CCCCN1C(=O)c1ccccc1. The molecule has 1 aromatic heterocycles. The summed E-state index contributed by atoms with van der Waals surface area (Å²) in [5, 5.41) is 0. The minimum atomic E-state index is 0.104. The lowest BCUT2D eigenvalue weighted by Crippen LogP contribution is -2.39. The molecule has 0 saturated carbocycles. The largest absolute Gasteiger partial charge is 0.330 e. The predicted octanol–water partition coefficient (Wildman–Crippen LogP) is 3.76. The van der Waals surface area contributed by atoms with Crippen molar-refractivity contribution in [1.82, 2.24) is 9.88 Å². The minimum Gasteiger partial charge on any atom is -0.330 e. The number of nitrogens with zero attached hydrogens (tertiary/aromatic N) is 2. The van der Waals surface area contributed by atoms with Gasteiger partial charge in [-0.25, -0.2) is 0 Å². The average molecular weight is 280 g/mol. The van der Waals surface area contributed by atoms with Crippen molar-refractivity contribution in [2.24, 2.45) is 0 Å². The van der Waals surface area contributed by atoms with Gasteiger partial charge in [-0.3, -0.25) is 9.78 Å². The lowest BCUT2D eigenvalue weighted by molar-refractivity contribution is 0.0605. The summed E-state index contributed by atoms with van der Waals surface area (Å²) in [7, 11) is 0. The molecule has 3 heteroatoms. The number of rotatable bonds is 2. The van der Waals surface area contributed by atoms with Gasteiger partial charge in [-0.1, -0.05) is 24.3 Å². The van der Waals surface area contributed by atoms with E-state index in [1.807, 2.05) is 47.5 Å². The molecule has 1 atom stereocenters. The Morgan fingerprint density at radius 2 is 1.95 bits per heavy atom. The quantitative estimate of drug-likeness (QED) is 0.839. The van der Waals surface area contributed by atoms with Gasteiger partial charge in [-0.2, -0.15) is 0 Å². The van der Waals surface area contributed by atoms with Gasteiger partial charge in [-0.05, 0) is 49.9 Å². The Balaban J connectivity index is 1.92. The molecule has 1 saturated heterocycles. The van der Waals surface area contributed by atoms with E-state index in [1.165, 1.54) is 0 Å². The Kier molecular flexibility index (Phi) is 4.00. The number of aryl methyl sites for hydroxylation is 1. The van der Waals surface area contributed by atoms with E-state index in [4.69, 9.17) is 0 Å². The Morgan fingerprint density at radius 3 is 2.71 bits per heavy atom. The number of carbonyl (C=O) groups is 1. The van der Waals surface area contributed by atoms with Crippen molar-refractivity contribution in [3.63, 3.8) is 0 Å². The van der Waals surface area contributed by atoms with E-state index in [0.717, 1.165) is 42.6 Å². The summed E-state index contributed by atoms with van der Waals surface area (Å²) in [5.74, 6) is 0.116. The van der Waals surface area contributed by atoms with Crippen molar-refractivity contribution in [1.29, 1.82) is 0 Å². The van der Waals surface area contributed by atoms with Crippen LogP contribution in [-0.2, 0) is 0 Å². The molecule has 0 aliphatic carbocycles. The molecule has 1 aliphatic rings. The molecule has 3 nitrogen and oxygen atoms in total. The fourth-order valence-electron chi connectivity index (χ4n) is 3.05. The van der Waals surface area contributed by atoms with Crippen LogP contribution in [0.15, 0.2) is 48.7 Å². The zero-order valence-electron chi connectivity index (χ0n) is 12.3. The van der Waals surface area contributed by atoms with Crippen LogP contribution in [0.5, 0.6) is 0 Å². The molecule has 1 amide bonds. The van der Waals surface area contributed by atoms with Gasteiger partial charge in [0, 0.05) is 18.3 Å². The van der Waals surface area contributed by atoms with Crippen LogP contribution in [0.4, 0.5) is 0 Å². The van der Waals surface area contributed by atoms with Gasteiger partial charge >= 0.3 is 0 Å². The molecule has 2 aromatic rings. The summed E-state index contributed by atoms with van der Waals surface area (Å²) in [6.45, 7) is 2.89. The number of amides is 1. The molecule has 108 valence electrons. The van der Waals surface area contributed by atoms with E-state index in [9.17, 15) is 4.79 Å². The third-order valence-corrected chi connectivity index (χ3v) is 4.15. The highest BCUT2D eigenvalue weighted by atomic mass is 16.2. The molecular weight excluding hydrogens is 260 g/mol. The topological polar surface area (TPSA) is 33.2 Å². The highest BCUT2D eigenvalue weighted by molar-refractivity contribution is 5.94. The molecule has 0 radical (unpaired) electrons. The van der Waals surface area contributed by atoms with Gasteiger partial charge in [0.15, 0.2) is 0 Å². The fourth-order valence-corrected chi connectivity index (χ4v) is 3.05. The molecule has 1 aliphatic heterocycles. The lowest BCUT2D eigenvalue weighted by Gasteiger charge is -2.36. The summed E-state index contributed by atoms with van der Waals surface area (Å²) in [5.41, 5.74) is 2.97. The minimum absolute atomic E-state index is 0.104. The number of benzene rings is 1. The van der Waals surface area contributed by atoms with Gasteiger partial charge < -0.3 is 4.90 Å². The first-order valence-corrected chi connectivity index (χ1v) is 7.55. The maximum Gasteiger partial charge on any atom is 0.254 e. The number of piperidine rings is 1. The summed E-state index contributed by atoms with van der Waals surface area (Å²) < 4.78 is 0. The molecular formula is C18H20N2O. The fraction of sp³-hybridized carbons (Fsp3) is 0.333. The highest BCUT2D eigenvalue weighted by Crippen LogP contribution is 2.32. The first-order valence-electron chi connectivity index (χ1n) is 7.55. The van der Waals surface area contributed by atoms with Gasteiger partial charge in [-0.15, -0.1) is 0 Å². The number of carbonyl (C=O) groups excluding carboxylic acids is 1. The second kappa shape index (κ2) is 6.08. The Labute approximate surface area is 125 Å². The van der Waals surface area contributed by atoms with Crippen LogP contribution >= 0.6 is 0 Å². The van der Waals surface area contributed by atoms with Crippen LogP contribution in [0.25, 0.3) is 0 Å². The number of hydrogen-bond acceptors (Lipinski definition) is 2. The third kappa shape index (κ3) is 2.82. The number of hydrogen-bond donors (Lipinski definition) is 0. The normalized spacial score (nSPS) is 18.5. The maximum atomic E-state index is 12.8. The van der Waals surface area contributed by atoms with Gasteiger partial charge in [0.2, 0.25) is 0 Å². The van der Waals surface area contributed by atoms with Crippen LogP contribution in [0.2, 0.25) is 0 Å². The summed E-state index contributed by atoms with van der Waals surface area (Å²) in [4.78, 5) is 19.3. The number of pyridine rings is 1. The molecule has 3 rings (SSSR count). The van der Waals surface area contributed by atoms with Crippen molar-refractivity contribution in [2.75, 3.05) is 6.54 Å². The second-order valence-corrected chi connectivity index (χ2v) is 5.58. The Morgan fingerprint density at radius 1 is 1.14 bits per heavy atom. The van der Waals surface area contributed by atoms with Crippen LogP contribution in [0.1, 0.15) is 46.9 Å². The molecule has 2 heterocycles. The van der Waals surface area contributed by atoms with Crippen LogP contribution in [0.3, 0.4) is 0 Å². The van der Waals surface area contributed by atoms with E-state index in [-0.39, 0.29) is 11.9 Å². The molecule has 0 spiro atoms. The summed E-state index contributed by atoms with van der Waals surface area (Å²) in [6, 6.07) is 13.7. The molecule has 0 N–H and O–H groups in total.